The normalized spacial score (nSPS) is 75.0. The van der Waals surface area contributed by atoms with Gasteiger partial charge in [-0.25, -0.2) is 0 Å². The fraction of sp³-hybridized carbons (Fsp3) is 1.00. The maximum absolute atomic E-state index is 11.1. The molecule has 120 valence electrons. The third-order valence-electron chi connectivity index (χ3n) is 10.5. The van der Waals surface area contributed by atoms with Crippen LogP contribution in [-0.4, -0.2) is 22.9 Å². The van der Waals surface area contributed by atoms with Crippen molar-refractivity contribution in [3.63, 3.8) is 0 Å². The second-order valence-corrected chi connectivity index (χ2v) is 10.1. The molecule has 0 amide bonds. The van der Waals surface area contributed by atoms with E-state index in [-0.39, 0.29) is 6.10 Å². The molecule has 0 saturated heterocycles. The minimum Gasteiger partial charge on any atom is -0.396 e. The summed E-state index contributed by atoms with van der Waals surface area (Å²) >= 11 is 0. The Morgan fingerprint density at radius 1 is 0.591 bits per heavy atom. The van der Waals surface area contributed by atoms with Crippen LogP contribution in [0.4, 0.5) is 0 Å². The van der Waals surface area contributed by atoms with Crippen LogP contribution >= 0.6 is 0 Å². The Hall–Kier alpha value is -0.0800. The highest BCUT2D eigenvalue weighted by Gasteiger charge is 2.80. The largest absolute Gasteiger partial charge is 0.396 e. The first kappa shape index (κ1) is 12.3. The van der Waals surface area contributed by atoms with Gasteiger partial charge in [-0.3, -0.25) is 0 Å². The maximum Gasteiger partial charge on any atom is 0.0605 e. The van der Waals surface area contributed by atoms with E-state index in [2.05, 4.69) is 0 Å². The predicted molar refractivity (Wildman–Crippen MR) is 81.5 cm³/mol. The van der Waals surface area contributed by atoms with E-state index in [1.165, 1.54) is 32.1 Å². The minimum atomic E-state index is 0.0455. The smallest absolute Gasteiger partial charge is 0.0605 e. The molecular formula is C20H28O2. The Bertz CT molecular complexity index is 537. The van der Waals surface area contributed by atoms with Gasteiger partial charge in [-0.15, -0.1) is 0 Å². The Morgan fingerprint density at radius 3 is 2.05 bits per heavy atom. The van der Waals surface area contributed by atoms with Crippen molar-refractivity contribution in [1.29, 1.82) is 0 Å². The average Bonchev–Trinajstić information content (AvgIpc) is 3.26. The van der Waals surface area contributed by atoms with Crippen molar-refractivity contribution in [3.8, 4) is 0 Å². The van der Waals surface area contributed by atoms with Gasteiger partial charge < -0.3 is 10.2 Å². The SMILES string of the molecule is OC[C@H]1[C@@H]2[C@@H]3CC[C@H]4[C@@H](O)[C@H]5[C@H]6[C@H]7CCC[C@H]7[C@H]1[C@@H]6[C@@H]2[C@H]5[C@H]43. The molecule has 0 aromatic carbocycles. The van der Waals surface area contributed by atoms with Crippen LogP contribution < -0.4 is 0 Å². The quantitative estimate of drug-likeness (QED) is 0.780. The molecule has 0 aliphatic heterocycles. The lowest BCUT2D eigenvalue weighted by Gasteiger charge is -2.31. The van der Waals surface area contributed by atoms with Crippen LogP contribution in [0.2, 0.25) is 0 Å². The van der Waals surface area contributed by atoms with E-state index in [1.54, 1.807) is 0 Å². The standard InChI is InChI=1S/C20H28O2/c21-6-11-12-7-2-1-3-8(7)15-16(12)17-14(11)9-4-5-10-13(9)18(17)19(15)20(10)22/h7-22H,1-6H2/t7-,8+,9-,10-,11-,12-,13+,14+,15+,16+,17-,18-,19+,20-/m1/s1. The molecule has 0 radical (unpaired) electrons. The molecule has 7 saturated carbocycles. The molecular weight excluding hydrogens is 272 g/mol. The summed E-state index contributed by atoms with van der Waals surface area (Å²) in [6.07, 6.45) is 7.00. The van der Waals surface area contributed by atoms with Crippen molar-refractivity contribution in [2.24, 2.45) is 76.9 Å². The highest BCUT2D eigenvalue weighted by Crippen LogP contribution is 2.82. The van der Waals surface area contributed by atoms with Crippen molar-refractivity contribution >= 4 is 0 Å². The Balaban J connectivity index is 1.46. The van der Waals surface area contributed by atoms with E-state index in [0.717, 1.165) is 59.2 Å². The van der Waals surface area contributed by atoms with Gasteiger partial charge in [-0.1, -0.05) is 6.42 Å². The molecule has 7 fully saturated rings. The van der Waals surface area contributed by atoms with E-state index >= 15 is 0 Å². The monoisotopic (exact) mass is 300 g/mol. The van der Waals surface area contributed by atoms with Gasteiger partial charge >= 0.3 is 0 Å². The third-order valence-corrected chi connectivity index (χ3v) is 10.5. The molecule has 2 heteroatoms. The number of hydrogen-bond acceptors (Lipinski definition) is 2. The molecule has 2 nitrogen and oxygen atoms in total. The highest BCUT2D eigenvalue weighted by molar-refractivity contribution is 5.27. The number of fused-ring (bicyclic) bond motifs is 5. The Morgan fingerprint density at radius 2 is 1.23 bits per heavy atom. The summed E-state index contributed by atoms with van der Waals surface area (Å²) in [6.45, 7) is 0.464. The summed E-state index contributed by atoms with van der Waals surface area (Å²) in [7, 11) is 0. The van der Waals surface area contributed by atoms with Gasteiger partial charge in [0.2, 0.25) is 0 Å². The summed E-state index contributed by atoms with van der Waals surface area (Å²) in [5.74, 6) is 10.8. The zero-order chi connectivity index (χ0) is 14.3. The summed E-state index contributed by atoms with van der Waals surface area (Å²) in [5, 5.41) is 21.4. The first-order valence-electron chi connectivity index (χ1n) is 10.1. The number of aliphatic hydroxyl groups is 2. The minimum absolute atomic E-state index is 0.0455. The van der Waals surface area contributed by atoms with E-state index in [4.69, 9.17) is 0 Å². The van der Waals surface area contributed by atoms with Crippen LogP contribution in [0.25, 0.3) is 0 Å². The maximum atomic E-state index is 11.1. The first-order valence-corrected chi connectivity index (χ1v) is 10.1. The Kier molecular flexibility index (Phi) is 2.02. The van der Waals surface area contributed by atoms with Gasteiger partial charge in [0.05, 0.1) is 6.10 Å². The van der Waals surface area contributed by atoms with Crippen LogP contribution in [0.15, 0.2) is 0 Å². The topological polar surface area (TPSA) is 40.5 Å². The van der Waals surface area contributed by atoms with E-state index < -0.39 is 0 Å². The van der Waals surface area contributed by atoms with Gasteiger partial charge in [0.25, 0.3) is 0 Å². The lowest BCUT2D eigenvalue weighted by Crippen LogP contribution is -2.30. The summed E-state index contributed by atoms with van der Waals surface area (Å²) in [6, 6.07) is 0. The van der Waals surface area contributed by atoms with E-state index in [9.17, 15) is 10.2 Å². The molecule has 0 spiro atoms. The van der Waals surface area contributed by atoms with Gasteiger partial charge in [0.15, 0.2) is 0 Å². The number of aliphatic hydroxyl groups excluding tert-OH is 2. The van der Waals surface area contributed by atoms with Gasteiger partial charge in [0, 0.05) is 6.61 Å². The average molecular weight is 300 g/mol. The molecule has 22 heavy (non-hydrogen) atoms. The van der Waals surface area contributed by atoms with Gasteiger partial charge in [0.1, 0.15) is 0 Å². The molecule has 7 rings (SSSR count). The van der Waals surface area contributed by atoms with E-state index in [1.807, 2.05) is 0 Å². The second-order valence-electron chi connectivity index (χ2n) is 10.1. The summed E-state index contributed by atoms with van der Waals surface area (Å²) in [4.78, 5) is 0. The Labute approximate surface area is 132 Å². The van der Waals surface area contributed by atoms with Crippen LogP contribution in [0.5, 0.6) is 0 Å². The molecule has 0 aromatic rings. The van der Waals surface area contributed by atoms with Crippen molar-refractivity contribution in [3.05, 3.63) is 0 Å². The zero-order valence-electron chi connectivity index (χ0n) is 13.2. The molecule has 7 aliphatic rings. The van der Waals surface area contributed by atoms with Crippen molar-refractivity contribution in [2.75, 3.05) is 6.61 Å². The van der Waals surface area contributed by atoms with Crippen LogP contribution in [0.3, 0.4) is 0 Å². The molecule has 0 heterocycles. The number of hydrogen-bond donors (Lipinski definition) is 2. The summed E-state index contributed by atoms with van der Waals surface area (Å²) < 4.78 is 0. The lowest BCUT2D eigenvalue weighted by atomic mass is 9.75. The van der Waals surface area contributed by atoms with Crippen molar-refractivity contribution in [1.82, 2.24) is 0 Å². The molecule has 0 bridgehead atoms. The van der Waals surface area contributed by atoms with Gasteiger partial charge in [-0.05, 0) is 103 Å². The number of rotatable bonds is 1. The van der Waals surface area contributed by atoms with E-state index in [0.29, 0.717) is 24.4 Å². The lowest BCUT2D eigenvalue weighted by molar-refractivity contribution is 0.0456. The first-order chi connectivity index (χ1) is 10.8. The van der Waals surface area contributed by atoms with Crippen LogP contribution in [-0.2, 0) is 0 Å². The highest BCUT2D eigenvalue weighted by atomic mass is 16.3. The zero-order valence-corrected chi connectivity index (χ0v) is 13.2. The fourth-order valence-electron chi connectivity index (χ4n) is 10.9. The van der Waals surface area contributed by atoms with Crippen LogP contribution in [0, 0.1) is 76.9 Å². The van der Waals surface area contributed by atoms with Gasteiger partial charge in [-0.2, -0.15) is 0 Å². The molecule has 14 atom stereocenters. The fourth-order valence-corrected chi connectivity index (χ4v) is 10.9. The summed E-state index contributed by atoms with van der Waals surface area (Å²) in [5.41, 5.74) is 0. The van der Waals surface area contributed by atoms with Crippen LogP contribution in [0.1, 0.15) is 32.1 Å². The molecule has 7 aliphatic carbocycles. The van der Waals surface area contributed by atoms with Crippen molar-refractivity contribution in [2.45, 2.75) is 38.2 Å². The predicted octanol–water partition coefficient (Wildman–Crippen LogP) is 2.40. The third kappa shape index (κ3) is 0.989. The second kappa shape index (κ2) is 3.61. The molecule has 0 unspecified atom stereocenters. The molecule has 0 aromatic heterocycles. The molecule has 2 N–H and O–H groups in total. The van der Waals surface area contributed by atoms with Crippen molar-refractivity contribution < 1.29 is 10.2 Å².